The molecule has 3 nitrogen and oxygen atoms in total. The van der Waals surface area contributed by atoms with E-state index in [0.717, 1.165) is 37.2 Å². The van der Waals surface area contributed by atoms with Crippen LogP contribution in [0.25, 0.3) is 0 Å². The van der Waals surface area contributed by atoms with E-state index in [1.54, 1.807) is 6.20 Å². The lowest BCUT2D eigenvalue weighted by atomic mass is 9.68. The molecule has 21 heavy (non-hydrogen) atoms. The minimum absolute atomic E-state index is 0.256. The number of hydrogen-bond donors (Lipinski definition) is 1. The van der Waals surface area contributed by atoms with Crippen molar-refractivity contribution in [1.82, 2.24) is 4.98 Å². The van der Waals surface area contributed by atoms with Crippen molar-refractivity contribution >= 4 is 0 Å². The molecule has 1 fully saturated rings. The Bertz CT molecular complexity index is 462. The van der Waals surface area contributed by atoms with E-state index in [1.165, 1.54) is 12.3 Å². The number of rotatable bonds is 4. The summed E-state index contributed by atoms with van der Waals surface area (Å²) in [4.78, 5) is 3.85. The standard InChI is InChI=1S/C17H27FN2O/c1-16(2,3)14-4-6-17(12-19,7-5-14)21-11-13-8-15(18)10-20-9-13/h8-10,14H,4-7,11-12,19H2,1-3H3. The van der Waals surface area contributed by atoms with E-state index in [9.17, 15) is 4.39 Å². The lowest BCUT2D eigenvalue weighted by Gasteiger charge is -2.43. The van der Waals surface area contributed by atoms with Crippen LogP contribution in [0, 0.1) is 17.2 Å². The summed E-state index contributed by atoms with van der Waals surface area (Å²) in [6, 6.07) is 1.47. The van der Waals surface area contributed by atoms with Crippen molar-refractivity contribution in [1.29, 1.82) is 0 Å². The summed E-state index contributed by atoms with van der Waals surface area (Å²) in [6.45, 7) is 7.79. The van der Waals surface area contributed by atoms with Crippen molar-refractivity contribution in [3.63, 3.8) is 0 Å². The van der Waals surface area contributed by atoms with Crippen LogP contribution >= 0.6 is 0 Å². The number of ether oxygens (including phenoxy) is 1. The van der Waals surface area contributed by atoms with Crippen LogP contribution in [-0.2, 0) is 11.3 Å². The first-order chi connectivity index (χ1) is 9.85. The summed E-state index contributed by atoms with van der Waals surface area (Å²) in [5, 5.41) is 0. The van der Waals surface area contributed by atoms with Gasteiger partial charge in [0.25, 0.3) is 0 Å². The highest BCUT2D eigenvalue weighted by Crippen LogP contribution is 2.42. The quantitative estimate of drug-likeness (QED) is 0.921. The molecular formula is C17H27FN2O. The Hall–Kier alpha value is -1.00. The maximum atomic E-state index is 13.1. The number of aromatic nitrogens is 1. The Kier molecular flexibility index (Phi) is 4.99. The molecule has 0 spiro atoms. The smallest absolute Gasteiger partial charge is 0.141 e. The summed E-state index contributed by atoms with van der Waals surface area (Å²) < 4.78 is 19.2. The highest BCUT2D eigenvalue weighted by molar-refractivity contribution is 5.09. The van der Waals surface area contributed by atoms with Gasteiger partial charge in [-0.05, 0) is 48.6 Å². The van der Waals surface area contributed by atoms with Crippen LogP contribution in [0.4, 0.5) is 4.39 Å². The molecule has 0 amide bonds. The van der Waals surface area contributed by atoms with E-state index >= 15 is 0 Å². The van der Waals surface area contributed by atoms with Gasteiger partial charge >= 0.3 is 0 Å². The van der Waals surface area contributed by atoms with Crippen molar-refractivity contribution in [3.05, 3.63) is 29.8 Å². The molecule has 1 aromatic rings. The number of pyridine rings is 1. The van der Waals surface area contributed by atoms with Crippen molar-refractivity contribution in [3.8, 4) is 0 Å². The van der Waals surface area contributed by atoms with Gasteiger partial charge in [-0.25, -0.2) is 4.39 Å². The molecule has 1 aliphatic rings. The summed E-state index contributed by atoms with van der Waals surface area (Å²) in [6.07, 6.45) is 7.09. The van der Waals surface area contributed by atoms with Gasteiger partial charge in [0, 0.05) is 12.7 Å². The summed E-state index contributed by atoms with van der Waals surface area (Å²) in [7, 11) is 0. The van der Waals surface area contributed by atoms with E-state index in [1.807, 2.05) is 0 Å². The molecule has 2 N–H and O–H groups in total. The van der Waals surface area contributed by atoms with Crippen LogP contribution in [0.3, 0.4) is 0 Å². The zero-order valence-electron chi connectivity index (χ0n) is 13.4. The second-order valence-corrected chi connectivity index (χ2v) is 7.33. The molecule has 0 saturated heterocycles. The van der Waals surface area contributed by atoms with Crippen LogP contribution in [0.1, 0.15) is 52.0 Å². The third-order valence-electron chi connectivity index (χ3n) is 4.80. The molecule has 1 aliphatic carbocycles. The molecule has 1 saturated carbocycles. The van der Waals surface area contributed by atoms with Crippen molar-refractivity contribution < 1.29 is 9.13 Å². The second-order valence-electron chi connectivity index (χ2n) is 7.33. The highest BCUT2D eigenvalue weighted by Gasteiger charge is 2.38. The largest absolute Gasteiger partial charge is 0.369 e. The minimum Gasteiger partial charge on any atom is -0.369 e. The highest BCUT2D eigenvalue weighted by atomic mass is 19.1. The summed E-state index contributed by atoms with van der Waals surface area (Å²) >= 11 is 0. The Morgan fingerprint density at radius 1 is 1.33 bits per heavy atom. The van der Waals surface area contributed by atoms with Gasteiger partial charge in [-0.15, -0.1) is 0 Å². The molecule has 0 aliphatic heterocycles. The molecule has 2 rings (SSSR count). The van der Waals surface area contributed by atoms with Gasteiger partial charge in [-0.2, -0.15) is 0 Å². The van der Waals surface area contributed by atoms with Gasteiger partial charge in [0.1, 0.15) is 5.82 Å². The number of hydrogen-bond acceptors (Lipinski definition) is 3. The van der Waals surface area contributed by atoms with Crippen molar-refractivity contribution in [2.75, 3.05) is 6.54 Å². The average molecular weight is 294 g/mol. The lowest BCUT2D eigenvalue weighted by molar-refractivity contribution is -0.0889. The Morgan fingerprint density at radius 3 is 2.52 bits per heavy atom. The Morgan fingerprint density at radius 2 is 2.00 bits per heavy atom. The average Bonchev–Trinajstić information content (AvgIpc) is 2.45. The molecule has 1 heterocycles. The first kappa shape index (κ1) is 16.4. The molecule has 0 unspecified atom stereocenters. The van der Waals surface area contributed by atoms with Crippen LogP contribution in [0.2, 0.25) is 0 Å². The van der Waals surface area contributed by atoms with Gasteiger partial charge < -0.3 is 10.5 Å². The van der Waals surface area contributed by atoms with Gasteiger partial charge in [-0.3, -0.25) is 4.98 Å². The van der Waals surface area contributed by atoms with E-state index in [-0.39, 0.29) is 11.4 Å². The SMILES string of the molecule is CC(C)(C)C1CCC(CN)(OCc2cncc(F)c2)CC1. The monoisotopic (exact) mass is 294 g/mol. The maximum absolute atomic E-state index is 13.1. The first-order valence-corrected chi connectivity index (χ1v) is 7.78. The van der Waals surface area contributed by atoms with E-state index in [2.05, 4.69) is 25.8 Å². The molecular weight excluding hydrogens is 267 g/mol. The third kappa shape index (κ3) is 4.24. The fourth-order valence-electron chi connectivity index (χ4n) is 3.19. The molecule has 1 aromatic heterocycles. The predicted molar refractivity (Wildman–Crippen MR) is 82.2 cm³/mol. The van der Waals surface area contributed by atoms with Crippen LogP contribution in [0.15, 0.2) is 18.5 Å². The molecule has 0 atom stereocenters. The Balaban J connectivity index is 1.94. The molecule has 0 radical (unpaired) electrons. The predicted octanol–water partition coefficient (Wildman–Crippen LogP) is 3.67. The topological polar surface area (TPSA) is 48.1 Å². The zero-order chi connectivity index (χ0) is 15.5. The Labute approximate surface area is 127 Å². The van der Waals surface area contributed by atoms with Gasteiger partial charge in [0.2, 0.25) is 0 Å². The number of nitrogens with zero attached hydrogens (tertiary/aromatic N) is 1. The lowest BCUT2D eigenvalue weighted by Crippen LogP contribution is -2.45. The fourth-order valence-corrected chi connectivity index (χ4v) is 3.19. The van der Waals surface area contributed by atoms with E-state index < -0.39 is 0 Å². The third-order valence-corrected chi connectivity index (χ3v) is 4.80. The molecule has 118 valence electrons. The van der Waals surface area contributed by atoms with Gasteiger partial charge in [0.05, 0.1) is 18.4 Å². The van der Waals surface area contributed by atoms with Crippen molar-refractivity contribution in [2.45, 2.75) is 58.7 Å². The first-order valence-electron chi connectivity index (χ1n) is 7.78. The molecule has 0 aromatic carbocycles. The van der Waals surface area contributed by atoms with E-state index in [0.29, 0.717) is 18.6 Å². The second kappa shape index (κ2) is 6.41. The van der Waals surface area contributed by atoms with Crippen LogP contribution < -0.4 is 5.73 Å². The molecule has 0 bridgehead atoms. The molecule has 4 heteroatoms. The van der Waals surface area contributed by atoms with Crippen molar-refractivity contribution in [2.24, 2.45) is 17.1 Å². The maximum Gasteiger partial charge on any atom is 0.141 e. The minimum atomic E-state index is -0.325. The summed E-state index contributed by atoms with van der Waals surface area (Å²) in [5.41, 5.74) is 6.82. The van der Waals surface area contributed by atoms with E-state index in [4.69, 9.17) is 10.5 Å². The normalized spacial score (nSPS) is 26.8. The fraction of sp³-hybridized carbons (Fsp3) is 0.706. The van der Waals surface area contributed by atoms with Crippen LogP contribution in [-0.4, -0.2) is 17.1 Å². The van der Waals surface area contributed by atoms with Gasteiger partial charge in [-0.1, -0.05) is 20.8 Å². The summed E-state index contributed by atoms with van der Waals surface area (Å²) in [5.74, 6) is 0.394. The van der Waals surface area contributed by atoms with Gasteiger partial charge in [0.15, 0.2) is 0 Å². The number of halogens is 1. The zero-order valence-corrected chi connectivity index (χ0v) is 13.4. The number of nitrogens with two attached hydrogens (primary N) is 1. The van der Waals surface area contributed by atoms with Crippen LogP contribution in [0.5, 0.6) is 0 Å².